The summed E-state index contributed by atoms with van der Waals surface area (Å²) < 4.78 is 15.4. The molecule has 0 radical (unpaired) electrons. The molecule has 1 heterocycles. The Morgan fingerprint density at radius 1 is 1.10 bits per heavy atom. The van der Waals surface area contributed by atoms with Gasteiger partial charge >= 0.3 is 11.6 Å². The lowest BCUT2D eigenvalue weighted by Crippen LogP contribution is -2.23. The van der Waals surface area contributed by atoms with Gasteiger partial charge in [0.2, 0.25) is 0 Å². The van der Waals surface area contributed by atoms with E-state index in [0.29, 0.717) is 17.0 Å². The molecule has 0 aliphatic carbocycles. The first-order valence-corrected chi connectivity index (χ1v) is 9.03. The Labute approximate surface area is 171 Å². The number of nitrogens with zero attached hydrogens (tertiary/aromatic N) is 1. The van der Waals surface area contributed by atoms with Gasteiger partial charge in [0.25, 0.3) is 5.91 Å². The van der Waals surface area contributed by atoms with E-state index in [1.165, 1.54) is 12.1 Å². The van der Waals surface area contributed by atoms with Crippen LogP contribution in [0, 0.1) is 18.3 Å². The standard InChI is InChI=1S/C22H18N2O6/c1-14-10-21(26)30-19-11-17(6-7-18(14)19)28-13-22(27)29-12-20(25)24-16-4-2-15(3-5-16)8-9-23/h2-7,10-11H,8,12-13H2,1H3,(H,24,25). The Kier molecular flexibility index (Phi) is 6.45. The molecular weight excluding hydrogens is 388 g/mol. The molecular formula is C22H18N2O6. The molecule has 0 fully saturated rings. The lowest BCUT2D eigenvalue weighted by molar-refractivity contribution is -0.149. The quantitative estimate of drug-likeness (QED) is 0.473. The number of nitriles is 1. The molecule has 0 saturated heterocycles. The number of hydrogen-bond acceptors (Lipinski definition) is 7. The molecule has 0 aliphatic rings. The maximum atomic E-state index is 11.9. The highest BCUT2D eigenvalue weighted by atomic mass is 16.6. The Morgan fingerprint density at radius 2 is 1.87 bits per heavy atom. The van der Waals surface area contributed by atoms with Crippen LogP contribution >= 0.6 is 0 Å². The lowest BCUT2D eigenvalue weighted by atomic mass is 10.1. The van der Waals surface area contributed by atoms with E-state index in [1.807, 2.05) is 6.07 Å². The van der Waals surface area contributed by atoms with Gasteiger partial charge in [-0.25, -0.2) is 9.59 Å². The van der Waals surface area contributed by atoms with E-state index in [0.717, 1.165) is 16.5 Å². The van der Waals surface area contributed by atoms with Gasteiger partial charge in [0, 0.05) is 23.2 Å². The van der Waals surface area contributed by atoms with E-state index in [-0.39, 0.29) is 6.42 Å². The topological polar surface area (TPSA) is 119 Å². The highest BCUT2D eigenvalue weighted by molar-refractivity contribution is 5.92. The van der Waals surface area contributed by atoms with E-state index in [2.05, 4.69) is 5.32 Å². The number of ether oxygens (including phenoxy) is 2. The SMILES string of the molecule is Cc1cc(=O)oc2cc(OCC(=O)OCC(=O)Nc3ccc(CC#N)cc3)ccc12. The largest absolute Gasteiger partial charge is 0.482 e. The monoisotopic (exact) mass is 406 g/mol. The van der Waals surface area contributed by atoms with Crippen LogP contribution in [-0.4, -0.2) is 25.1 Å². The van der Waals surface area contributed by atoms with Crippen LogP contribution in [0.1, 0.15) is 11.1 Å². The fourth-order valence-corrected chi connectivity index (χ4v) is 2.72. The normalized spacial score (nSPS) is 10.3. The van der Waals surface area contributed by atoms with Crippen molar-refractivity contribution in [1.29, 1.82) is 5.26 Å². The molecule has 1 amide bonds. The molecule has 8 heteroatoms. The summed E-state index contributed by atoms with van der Waals surface area (Å²) in [6.07, 6.45) is 0.287. The van der Waals surface area contributed by atoms with Gasteiger partial charge in [-0.15, -0.1) is 0 Å². The molecule has 0 bridgehead atoms. The van der Waals surface area contributed by atoms with Crippen LogP contribution < -0.4 is 15.7 Å². The zero-order valence-electron chi connectivity index (χ0n) is 16.1. The molecule has 1 N–H and O–H groups in total. The van der Waals surface area contributed by atoms with E-state index < -0.39 is 30.7 Å². The number of rotatable bonds is 7. The Morgan fingerprint density at radius 3 is 2.60 bits per heavy atom. The smallest absolute Gasteiger partial charge is 0.344 e. The minimum Gasteiger partial charge on any atom is -0.482 e. The summed E-state index contributed by atoms with van der Waals surface area (Å²) in [6, 6.07) is 15.1. The van der Waals surface area contributed by atoms with Gasteiger partial charge in [0.15, 0.2) is 13.2 Å². The highest BCUT2D eigenvalue weighted by Gasteiger charge is 2.10. The summed E-state index contributed by atoms with van der Waals surface area (Å²) in [4.78, 5) is 35.2. The fourth-order valence-electron chi connectivity index (χ4n) is 2.72. The lowest BCUT2D eigenvalue weighted by Gasteiger charge is -2.09. The van der Waals surface area contributed by atoms with Crippen molar-refractivity contribution in [3.05, 3.63) is 70.1 Å². The molecule has 8 nitrogen and oxygen atoms in total. The molecule has 2 aromatic carbocycles. The molecule has 30 heavy (non-hydrogen) atoms. The summed E-state index contributed by atoms with van der Waals surface area (Å²) in [5.41, 5.74) is 2.02. The van der Waals surface area contributed by atoms with Gasteiger partial charge in [0.1, 0.15) is 11.3 Å². The zero-order chi connectivity index (χ0) is 21.5. The third-order valence-electron chi connectivity index (χ3n) is 4.16. The third kappa shape index (κ3) is 5.45. The first kappa shape index (κ1) is 20.6. The highest BCUT2D eigenvalue weighted by Crippen LogP contribution is 2.22. The second-order valence-electron chi connectivity index (χ2n) is 6.44. The van der Waals surface area contributed by atoms with Crippen LogP contribution in [0.4, 0.5) is 5.69 Å². The van der Waals surface area contributed by atoms with Crippen LogP contribution in [0.25, 0.3) is 11.0 Å². The number of aryl methyl sites for hydroxylation is 1. The van der Waals surface area contributed by atoms with Gasteiger partial charge in [-0.05, 0) is 42.3 Å². The van der Waals surface area contributed by atoms with Gasteiger partial charge in [-0.2, -0.15) is 5.26 Å². The van der Waals surface area contributed by atoms with E-state index in [4.69, 9.17) is 19.2 Å². The van der Waals surface area contributed by atoms with Crippen molar-refractivity contribution in [3.8, 4) is 11.8 Å². The minimum atomic E-state index is -0.722. The Hall–Kier alpha value is -4.12. The molecule has 0 atom stereocenters. The second-order valence-corrected chi connectivity index (χ2v) is 6.44. The summed E-state index contributed by atoms with van der Waals surface area (Å²) in [5, 5.41) is 12.0. The molecule has 3 aromatic rings. The van der Waals surface area contributed by atoms with E-state index in [9.17, 15) is 14.4 Å². The molecule has 1 aromatic heterocycles. The van der Waals surface area contributed by atoms with Crippen LogP contribution in [0.2, 0.25) is 0 Å². The zero-order valence-corrected chi connectivity index (χ0v) is 16.1. The van der Waals surface area contributed by atoms with Crippen LogP contribution in [-0.2, 0) is 20.7 Å². The second kappa shape index (κ2) is 9.39. The average Bonchev–Trinajstić information content (AvgIpc) is 2.72. The van der Waals surface area contributed by atoms with Gasteiger partial charge < -0.3 is 19.2 Å². The first-order chi connectivity index (χ1) is 14.4. The van der Waals surface area contributed by atoms with Crippen molar-refractivity contribution in [3.63, 3.8) is 0 Å². The number of carbonyl (C=O) groups is 2. The van der Waals surface area contributed by atoms with Gasteiger partial charge in [-0.1, -0.05) is 12.1 Å². The van der Waals surface area contributed by atoms with Crippen LogP contribution in [0.5, 0.6) is 5.75 Å². The summed E-state index contributed by atoms with van der Waals surface area (Å²) >= 11 is 0. The van der Waals surface area contributed by atoms with Crippen molar-refractivity contribution in [2.75, 3.05) is 18.5 Å². The third-order valence-corrected chi connectivity index (χ3v) is 4.16. The van der Waals surface area contributed by atoms with Crippen LogP contribution in [0.15, 0.2) is 57.7 Å². The van der Waals surface area contributed by atoms with Crippen molar-refractivity contribution >= 4 is 28.5 Å². The van der Waals surface area contributed by atoms with Gasteiger partial charge in [0.05, 0.1) is 12.5 Å². The summed E-state index contributed by atoms with van der Waals surface area (Å²) in [6.45, 7) is 0.925. The molecule has 0 spiro atoms. The Bertz CT molecular complexity index is 1170. The molecule has 3 rings (SSSR count). The molecule has 0 saturated carbocycles. The Balaban J connectivity index is 1.47. The number of esters is 1. The van der Waals surface area contributed by atoms with Crippen LogP contribution in [0.3, 0.4) is 0 Å². The number of benzene rings is 2. The first-order valence-electron chi connectivity index (χ1n) is 9.03. The predicted octanol–water partition coefficient (Wildman–Crippen LogP) is 2.73. The molecule has 152 valence electrons. The predicted molar refractivity (Wildman–Crippen MR) is 108 cm³/mol. The van der Waals surface area contributed by atoms with Gasteiger partial charge in [-0.3, -0.25) is 4.79 Å². The summed E-state index contributed by atoms with van der Waals surface area (Å²) in [7, 11) is 0. The summed E-state index contributed by atoms with van der Waals surface area (Å²) in [5.74, 6) is -0.894. The number of anilines is 1. The number of fused-ring (bicyclic) bond motifs is 1. The number of carbonyl (C=O) groups excluding carboxylic acids is 2. The minimum absolute atomic E-state index is 0.287. The molecule has 0 unspecified atom stereocenters. The maximum absolute atomic E-state index is 11.9. The average molecular weight is 406 g/mol. The number of amides is 1. The van der Waals surface area contributed by atoms with Crippen molar-refractivity contribution in [2.24, 2.45) is 0 Å². The van der Waals surface area contributed by atoms with Crippen molar-refractivity contribution in [1.82, 2.24) is 0 Å². The van der Waals surface area contributed by atoms with E-state index in [1.54, 1.807) is 43.3 Å². The maximum Gasteiger partial charge on any atom is 0.344 e. The van der Waals surface area contributed by atoms with Crippen molar-refractivity contribution in [2.45, 2.75) is 13.3 Å². The van der Waals surface area contributed by atoms with E-state index >= 15 is 0 Å². The number of hydrogen-bond donors (Lipinski definition) is 1. The fraction of sp³-hybridized carbons (Fsp3) is 0.182. The van der Waals surface area contributed by atoms with Crippen molar-refractivity contribution < 1.29 is 23.5 Å². The molecule has 0 aliphatic heterocycles. The number of nitrogens with one attached hydrogen (secondary N) is 1.